The summed E-state index contributed by atoms with van der Waals surface area (Å²) in [6.07, 6.45) is 6.56. The van der Waals surface area contributed by atoms with Gasteiger partial charge in [0.1, 0.15) is 0 Å². The van der Waals surface area contributed by atoms with Crippen molar-refractivity contribution in [3.8, 4) is 35.5 Å². The average Bonchev–Trinajstić information content (AvgIpc) is 2.75. The van der Waals surface area contributed by atoms with Gasteiger partial charge in [-0.25, -0.2) is 0 Å². The lowest BCUT2D eigenvalue weighted by atomic mass is 9.74. The van der Waals surface area contributed by atoms with Gasteiger partial charge in [-0.2, -0.15) is 0 Å². The van der Waals surface area contributed by atoms with Crippen LogP contribution in [-0.4, -0.2) is 0 Å². The first-order valence-corrected chi connectivity index (χ1v) is 14.8. The van der Waals surface area contributed by atoms with Gasteiger partial charge >= 0.3 is 0 Å². The van der Waals surface area contributed by atoms with Gasteiger partial charge in [-0.1, -0.05) is 124 Å². The lowest BCUT2D eigenvalue weighted by molar-refractivity contribution is 0.216. The molecule has 0 rings (SSSR count). The van der Waals surface area contributed by atoms with Crippen LogP contribution < -0.4 is 0 Å². The molecule has 0 aliphatic heterocycles. The second kappa shape index (κ2) is 23.8. The summed E-state index contributed by atoms with van der Waals surface area (Å²) in [5.41, 5.74) is 0.730. The molecular formula is C37H70. The number of rotatable bonds is 7. The molecule has 0 saturated heterocycles. The second-order valence-electron chi connectivity index (χ2n) is 13.5. The van der Waals surface area contributed by atoms with Crippen molar-refractivity contribution in [1.29, 1.82) is 0 Å². The Labute approximate surface area is 238 Å². The molecule has 0 N–H and O–H groups in total. The minimum Gasteiger partial charge on any atom is -0.103 e. The topological polar surface area (TPSA) is 0 Å². The molecule has 0 heteroatoms. The van der Waals surface area contributed by atoms with E-state index in [0.717, 1.165) is 37.5 Å². The molecular weight excluding hydrogens is 444 g/mol. The molecule has 0 aromatic heterocycles. The zero-order valence-corrected chi connectivity index (χ0v) is 27.7. The lowest BCUT2D eigenvalue weighted by Gasteiger charge is -2.30. The molecule has 0 nitrogen and oxygen atoms in total. The smallest absolute Gasteiger partial charge is 0.0223 e. The van der Waals surface area contributed by atoms with Gasteiger partial charge in [0, 0.05) is 37.5 Å². The maximum Gasteiger partial charge on any atom is 0.0223 e. The molecule has 3 atom stereocenters. The average molecular weight is 515 g/mol. The number of hydrogen-bond donors (Lipinski definition) is 0. The molecule has 0 heterocycles. The van der Waals surface area contributed by atoms with E-state index in [1.165, 1.54) is 12.8 Å². The van der Waals surface area contributed by atoms with E-state index in [2.05, 4.69) is 146 Å². The summed E-state index contributed by atoms with van der Waals surface area (Å²) in [4.78, 5) is 0. The highest BCUT2D eigenvalue weighted by Crippen LogP contribution is 2.33. The van der Waals surface area contributed by atoms with Gasteiger partial charge in [0.15, 0.2) is 0 Å². The molecule has 0 amide bonds. The van der Waals surface area contributed by atoms with Crippen molar-refractivity contribution in [3.63, 3.8) is 0 Å². The summed E-state index contributed by atoms with van der Waals surface area (Å²) in [5, 5.41) is 0. The quantitative estimate of drug-likeness (QED) is 0.296. The summed E-state index contributed by atoms with van der Waals surface area (Å²) in [7, 11) is 0. The van der Waals surface area contributed by atoms with E-state index in [9.17, 15) is 0 Å². The minimum absolute atomic E-state index is 0. The third-order valence-electron chi connectivity index (χ3n) is 6.93. The maximum absolute atomic E-state index is 3.34. The normalized spacial score (nSPS) is 13.6. The fourth-order valence-corrected chi connectivity index (χ4v) is 2.45. The fourth-order valence-electron chi connectivity index (χ4n) is 2.45. The standard InChI is InChI=1S/C14H26.C12H22.C10H18.CH4/c1-7-14(6,13(4)5)11-9-8-10-12(2)3;1-10(2)8-7-9-11(3)12(4,5)6;1-5-10(4)8-6-7-9(2)3;/h12-13H,7,10-11H2,1-6H3;10-11H,8H2,1-6H3;9-10H,5,7H2,1-4H3;1H4. The van der Waals surface area contributed by atoms with Gasteiger partial charge in [0.2, 0.25) is 0 Å². The van der Waals surface area contributed by atoms with Crippen LogP contribution in [0.4, 0.5) is 0 Å². The largest absolute Gasteiger partial charge is 0.103 e. The van der Waals surface area contributed by atoms with Crippen molar-refractivity contribution in [2.24, 2.45) is 46.3 Å². The molecule has 0 aliphatic rings. The Morgan fingerprint density at radius 1 is 0.568 bits per heavy atom. The van der Waals surface area contributed by atoms with Gasteiger partial charge in [-0.3, -0.25) is 0 Å². The molecule has 37 heavy (non-hydrogen) atoms. The molecule has 3 unspecified atom stereocenters. The van der Waals surface area contributed by atoms with Gasteiger partial charge in [0.05, 0.1) is 0 Å². The Bertz CT molecular complexity index is 693. The Hall–Kier alpha value is -1.32. The first-order chi connectivity index (χ1) is 16.4. The highest BCUT2D eigenvalue weighted by molar-refractivity contribution is 5.06. The highest BCUT2D eigenvalue weighted by atomic mass is 14.3. The zero-order chi connectivity index (χ0) is 28.9. The van der Waals surface area contributed by atoms with Crippen molar-refractivity contribution < 1.29 is 0 Å². The minimum atomic E-state index is 0. The predicted molar refractivity (Wildman–Crippen MR) is 174 cm³/mol. The Kier molecular flexibility index (Phi) is 27.5. The van der Waals surface area contributed by atoms with Crippen LogP contribution in [0.3, 0.4) is 0 Å². The van der Waals surface area contributed by atoms with E-state index >= 15 is 0 Å². The van der Waals surface area contributed by atoms with Crippen molar-refractivity contribution in [2.45, 2.75) is 157 Å². The zero-order valence-electron chi connectivity index (χ0n) is 27.7. The summed E-state index contributed by atoms with van der Waals surface area (Å²) >= 11 is 0. The van der Waals surface area contributed by atoms with Crippen LogP contribution in [0.2, 0.25) is 0 Å². The molecule has 0 radical (unpaired) electrons. The maximum atomic E-state index is 3.34. The van der Waals surface area contributed by atoms with E-state index < -0.39 is 0 Å². The number of hydrogen-bond acceptors (Lipinski definition) is 0. The summed E-state index contributed by atoms with van der Waals surface area (Å²) in [5.74, 6) is 23.5. The molecule has 0 aromatic carbocycles. The van der Waals surface area contributed by atoms with Crippen molar-refractivity contribution in [3.05, 3.63) is 0 Å². The third-order valence-corrected chi connectivity index (χ3v) is 6.93. The molecule has 0 fully saturated rings. The molecule has 0 bridgehead atoms. The molecule has 0 aromatic rings. The SMILES string of the molecule is C.CC(C)CC#CC(C)C(C)(C)C.CCC(C)(CC#CCC(C)C)C(C)C.CCC(C)C#CCC(C)C. The summed E-state index contributed by atoms with van der Waals surface area (Å²) in [6, 6.07) is 0. The summed E-state index contributed by atoms with van der Waals surface area (Å²) < 4.78 is 0. The van der Waals surface area contributed by atoms with Gasteiger partial charge in [-0.05, 0) is 47.3 Å². The first kappa shape index (κ1) is 42.8. The Morgan fingerprint density at radius 2 is 0.973 bits per heavy atom. The van der Waals surface area contributed by atoms with Crippen LogP contribution in [0.1, 0.15) is 157 Å². The molecule has 218 valence electrons. The Balaban J connectivity index is -0.000000221. The molecule has 0 spiro atoms. The van der Waals surface area contributed by atoms with E-state index in [1.54, 1.807) is 0 Å². The first-order valence-electron chi connectivity index (χ1n) is 14.8. The van der Waals surface area contributed by atoms with Gasteiger partial charge in [0.25, 0.3) is 0 Å². The third kappa shape index (κ3) is 29.1. The predicted octanol–water partition coefficient (Wildman–Crippen LogP) is 11.9. The van der Waals surface area contributed by atoms with E-state index in [1.807, 2.05) is 0 Å². The van der Waals surface area contributed by atoms with Crippen LogP contribution in [0.25, 0.3) is 0 Å². The van der Waals surface area contributed by atoms with Crippen LogP contribution in [0.5, 0.6) is 0 Å². The molecule has 0 aliphatic carbocycles. The summed E-state index contributed by atoms with van der Waals surface area (Å²) in [6.45, 7) is 35.7. The van der Waals surface area contributed by atoms with Crippen molar-refractivity contribution in [2.75, 3.05) is 0 Å². The van der Waals surface area contributed by atoms with Crippen LogP contribution in [-0.2, 0) is 0 Å². The van der Waals surface area contributed by atoms with Crippen LogP contribution >= 0.6 is 0 Å². The van der Waals surface area contributed by atoms with Gasteiger partial charge < -0.3 is 0 Å². The van der Waals surface area contributed by atoms with Crippen molar-refractivity contribution in [1.82, 2.24) is 0 Å². The molecule has 0 saturated carbocycles. The fraction of sp³-hybridized carbons (Fsp3) is 0.838. The van der Waals surface area contributed by atoms with E-state index in [0.29, 0.717) is 34.5 Å². The van der Waals surface area contributed by atoms with Gasteiger partial charge in [-0.15, -0.1) is 29.6 Å². The van der Waals surface area contributed by atoms with E-state index in [-0.39, 0.29) is 7.43 Å². The second-order valence-corrected chi connectivity index (χ2v) is 13.5. The monoisotopic (exact) mass is 515 g/mol. The Morgan fingerprint density at radius 3 is 1.30 bits per heavy atom. The van der Waals surface area contributed by atoms with Crippen LogP contribution in [0.15, 0.2) is 0 Å². The highest BCUT2D eigenvalue weighted by Gasteiger charge is 2.24. The lowest BCUT2D eigenvalue weighted by Crippen LogP contribution is -2.21. The van der Waals surface area contributed by atoms with E-state index in [4.69, 9.17) is 0 Å². The van der Waals surface area contributed by atoms with Crippen LogP contribution in [0, 0.1) is 81.9 Å². The van der Waals surface area contributed by atoms with Crippen molar-refractivity contribution >= 4 is 0 Å².